The molecule has 7 heteroatoms. The molecule has 1 saturated carbocycles. The number of ether oxygens (including phenoxy) is 1. The molecule has 7 nitrogen and oxygen atoms in total. The molecule has 1 atom stereocenters. The third-order valence-electron chi connectivity index (χ3n) is 4.42. The van der Waals surface area contributed by atoms with Crippen LogP contribution in [0.3, 0.4) is 0 Å². The summed E-state index contributed by atoms with van der Waals surface area (Å²) in [7, 11) is 0. The molecule has 0 saturated heterocycles. The Kier molecular flexibility index (Phi) is 6.60. The first-order chi connectivity index (χ1) is 12.3. The molecule has 1 aliphatic carbocycles. The van der Waals surface area contributed by atoms with Crippen molar-refractivity contribution in [3.8, 4) is 0 Å². The van der Waals surface area contributed by atoms with Crippen LogP contribution in [0.4, 0.5) is 4.79 Å². The van der Waals surface area contributed by atoms with Gasteiger partial charge in [-0.15, -0.1) is 0 Å². The lowest BCUT2D eigenvalue weighted by Gasteiger charge is -2.11. The van der Waals surface area contributed by atoms with Crippen molar-refractivity contribution in [2.75, 3.05) is 6.61 Å². The van der Waals surface area contributed by atoms with E-state index in [2.05, 4.69) is 22.1 Å². The standard InChI is InChI=1S/C19H27N3O4/c1-5-12(2)20-19(25)21-17(23)11-26-18(24)9-6-15-10-13(3)22(14(15)4)16-7-8-16/h6,9-10,12,16H,5,7-8,11H2,1-4H3,(H2,20,21,23,25)/b9-6+/t12-/m1/s1. The van der Waals surface area contributed by atoms with Crippen LogP contribution in [-0.4, -0.2) is 35.1 Å². The molecule has 26 heavy (non-hydrogen) atoms. The first kappa shape index (κ1) is 19.8. The third-order valence-corrected chi connectivity index (χ3v) is 4.42. The largest absolute Gasteiger partial charge is 0.452 e. The average Bonchev–Trinajstić information content (AvgIpc) is 3.36. The van der Waals surface area contributed by atoms with Gasteiger partial charge in [-0.25, -0.2) is 9.59 Å². The fourth-order valence-corrected chi connectivity index (χ4v) is 2.73. The number of aryl methyl sites for hydroxylation is 1. The quantitative estimate of drug-likeness (QED) is 0.577. The molecule has 142 valence electrons. The Hall–Kier alpha value is -2.57. The maximum Gasteiger partial charge on any atom is 0.331 e. The first-order valence-corrected chi connectivity index (χ1v) is 8.95. The van der Waals surface area contributed by atoms with Crippen LogP contribution in [0.15, 0.2) is 12.1 Å². The summed E-state index contributed by atoms with van der Waals surface area (Å²) in [5.41, 5.74) is 3.25. The van der Waals surface area contributed by atoms with Gasteiger partial charge in [0.2, 0.25) is 0 Å². The van der Waals surface area contributed by atoms with E-state index in [1.54, 1.807) is 6.08 Å². The van der Waals surface area contributed by atoms with Crippen molar-refractivity contribution < 1.29 is 19.1 Å². The summed E-state index contributed by atoms with van der Waals surface area (Å²) in [6, 6.07) is 1.98. The predicted molar refractivity (Wildman–Crippen MR) is 98.6 cm³/mol. The molecule has 0 aromatic carbocycles. The lowest BCUT2D eigenvalue weighted by molar-refractivity contribution is -0.143. The Morgan fingerprint density at radius 1 is 1.35 bits per heavy atom. The maximum absolute atomic E-state index is 11.8. The van der Waals surface area contributed by atoms with E-state index >= 15 is 0 Å². The molecule has 0 bridgehead atoms. The number of urea groups is 1. The van der Waals surface area contributed by atoms with Crippen molar-refractivity contribution in [3.63, 3.8) is 0 Å². The average molecular weight is 361 g/mol. The van der Waals surface area contributed by atoms with E-state index in [1.165, 1.54) is 24.6 Å². The second-order valence-electron chi connectivity index (χ2n) is 6.70. The highest BCUT2D eigenvalue weighted by atomic mass is 16.5. The van der Waals surface area contributed by atoms with Gasteiger partial charge in [-0.3, -0.25) is 10.1 Å². The number of hydrogen-bond donors (Lipinski definition) is 2. The summed E-state index contributed by atoms with van der Waals surface area (Å²) in [6.45, 7) is 7.33. The Labute approximate surface area is 153 Å². The molecular formula is C19H27N3O4. The SMILES string of the molecule is CC[C@@H](C)NC(=O)NC(=O)COC(=O)/C=C/c1cc(C)n(C2CC2)c1C. The van der Waals surface area contributed by atoms with Gasteiger partial charge in [-0.1, -0.05) is 6.92 Å². The number of nitrogens with one attached hydrogen (secondary N) is 2. The van der Waals surface area contributed by atoms with Gasteiger partial charge < -0.3 is 14.6 Å². The third kappa shape index (κ3) is 5.47. The predicted octanol–water partition coefficient (Wildman–Crippen LogP) is 2.62. The summed E-state index contributed by atoms with van der Waals surface area (Å²) in [5, 5.41) is 4.72. The van der Waals surface area contributed by atoms with Gasteiger partial charge in [0, 0.05) is 29.5 Å². The number of aromatic nitrogens is 1. The minimum atomic E-state index is -0.667. The topological polar surface area (TPSA) is 89.4 Å². The summed E-state index contributed by atoms with van der Waals surface area (Å²) >= 11 is 0. The number of hydrogen-bond acceptors (Lipinski definition) is 4. The highest BCUT2D eigenvalue weighted by Gasteiger charge is 2.26. The van der Waals surface area contributed by atoms with Crippen LogP contribution in [0, 0.1) is 13.8 Å². The van der Waals surface area contributed by atoms with E-state index in [-0.39, 0.29) is 6.04 Å². The summed E-state index contributed by atoms with van der Waals surface area (Å²) in [6.07, 6.45) is 6.13. The van der Waals surface area contributed by atoms with Crippen LogP contribution in [0.2, 0.25) is 0 Å². The normalized spacial score (nSPS) is 14.9. The number of amides is 3. The Bertz CT molecular complexity index is 717. The summed E-state index contributed by atoms with van der Waals surface area (Å²) < 4.78 is 7.16. The van der Waals surface area contributed by atoms with Crippen LogP contribution in [-0.2, 0) is 14.3 Å². The second-order valence-corrected chi connectivity index (χ2v) is 6.70. The van der Waals surface area contributed by atoms with Crippen molar-refractivity contribution >= 4 is 24.0 Å². The number of imide groups is 1. The van der Waals surface area contributed by atoms with Gasteiger partial charge in [-0.2, -0.15) is 0 Å². The molecule has 0 aliphatic heterocycles. The van der Waals surface area contributed by atoms with Crippen LogP contribution < -0.4 is 10.6 Å². The second kappa shape index (κ2) is 8.69. The maximum atomic E-state index is 11.8. The van der Waals surface area contributed by atoms with Crippen molar-refractivity contribution in [1.29, 1.82) is 0 Å². The minimum Gasteiger partial charge on any atom is -0.452 e. The van der Waals surface area contributed by atoms with Gasteiger partial charge in [0.25, 0.3) is 5.91 Å². The molecule has 1 heterocycles. The Balaban J connectivity index is 1.80. The Morgan fingerprint density at radius 2 is 2.04 bits per heavy atom. The van der Waals surface area contributed by atoms with Crippen molar-refractivity contribution in [3.05, 3.63) is 29.1 Å². The van der Waals surface area contributed by atoms with E-state index in [1.807, 2.05) is 26.8 Å². The zero-order valence-corrected chi connectivity index (χ0v) is 15.8. The van der Waals surface area contributed by atoms with Gasteiger partial charge in [-0.05, 0) is 57.7 Å². The molecule has 1 aromatic heterocycles. The highest BCUT2D eigenvalue weighted by molar-refractivity contribution is 5.96. The Morgan fingerprint density at radius 3 is 2.65 bits per heavy atom. The molecule has 2 N–H and O–H groups in total. The minimum absolute atomic E-state index is 0.0390. The fraction of sp³-hybridized carbons (Fsp3) is 0.526. The van der Waals surface area contributed by atoms with E-state index in [0.29, 0.717) is 6.04 Å². The number of rotatable bonds is 7. The zero-order valence-electron chi connectivity index (χ0n) is 15.8. The lowest BCUT2D eigenvalue weighted by atomic mass is 10.2. The molecule has 1 aromatic rings. The highest BCUT2D eigenvalue weighted by Crippen LogP contribution is 2.38. The molecule has 2 rings (SSSR count). The monoisotopic (exact) mass is 361 g/mol. The van der Waals surface area contributed by atoms with Crippen LogP contribution in [0.1, 0.15) is 56.1 Å². The van der Waals surface area contributed by atoms with E-state index in [0.717, 1.165) is 17.7 Å². The van der Waals surface area contributed by atoms with Crippen molar-refractivity contribution in [2.45, 2.75) is 59.0 Å². The number of carbonyl (C=O) groups excluding carboxylic acids is 3. The lowest BCUT2D eigenvalue weighted by Crippen LogP contribution is -2.44. The molecular weight excluding hydrogens is 334 g/mol. The van der Waals surface area contributed by atoms with Crippen LogP contribution in [0.5, 0.6) is 0 Å². The summed E-state index contributed by atoms with van der Waals surface area (Å²) in [5.74, 6) is -1.29. The molecule has 0 spiro atoms. The number of nitrogens with zero attached hydrogens (tertiary/aromatic N) is 1. The fourth-order valence-electron chi connectivity index (χ4n) is 2.73. The smallest absolute Gasteiger partial charge is 0.331 e. The van der Waals surface area contributed by atoms with Gasteiger partial charge in [0.15, 0.2) is 6.61 Å². The first-order valence-electron chi connectivity index (χ1n) is 8.95. The van der Waals surface area contributed by atoms with E-state index in [9.17, 15) is 14.4 Å². The van der Waals surface area contributed by atoms with Gasteiger partial charge in [0.05, 0.1) is 0 Å². The van der Waals surface area contributed by atoms with E-state index < -0.39 is 24.5 Å². The molecule has 1 aliphatic rings. The molecule has 3 amide bonds. The molecule has 0 radical (unpaired) electrons. The van der Waals surface area contributed by atoms with E-state index in [4.69, 9.17) is 4.74 Å². The van der Waals surface area contributed by atoms with Gasteiger partial charge >= 0.3 is 12.0 Å². The van der Waals surface area contributed by atoms with Crippen LogP contribution >= 0.6 is 0 Å². The molecule has 0 unspecified atom stereocenters. The molecule has 1 fully saturated rings. The van der Waals surface area contributed by atoms with Gasteiger partial charge in [0.1, 0.15) is 0 Å². The zero-order chi connectivity index (χ0) is 19.3. The summed E-state index contributed by atoms with van der Waals surface area (Å²) in [4.78, 5) is 34.9. The van der Waals surface area contributed by atoms with Crippen molar-refractivity contribution in [1.82, 2.24) is 15.2 Å². The number of carbonyl (C=O) groups is 3. The van der Waals surface area contributed by atoms with Crippen molar-refractivity contribution in [2.24, 2.45) is 0 Å². The van der Waals surface area contributed by atoms with Crippen LogP contribution in [0.25, 0.3) is 6.08 Å². The number of esters is 1.